The lowest BCUT2D eigenvalue weighted by Gasteiger charge is -1.97. The number of nitrogens with zero attached hydrogens (tertiary/aromatic N) is 1. The topological polar surface area (TPSA) is 40.7 Å². The van der Waals surface area contributed by atoms with Crippen molar-refractivity contribution in [1.82, 2.24) is 14.9 Å². The van der Waals surface area contributed by atoms with Crippen molar-refractivity contribution < 1.29 is 0 Å². The van der Waals surface area contributed by atoms with Gasteiger partial charge in [-0.2, -0.15) is 5.10 Å². The summed E-state index contributed by atoms with van der Waals surface area (Å²) in [6.45, 7) is 0. The third-order valence-corrected chi connectivity index (χ3v) is 3.65. The fourth-order valence-corrected chi connectivity index (χ4v) is 2.97. The van der Waals surface area contributed by atoms with Crippen molar-refractivity contribution in [2.75, 3.05) is 0 Å². The molecule has 0 spiro atoms. The second-order valence-corrected chi connectivity index (χ2v) is 4.81. The monoisotopic (exact) mass is 221 g/mol. The van der Waals surface area contributed by atoms with Gasteiger partial charge in [-0.05, 0) is 16.9 Å². The molecule has 0 saturated heterocycles. The van der Waals surface area contributed by atoms with E-state index in [0.717, 1.165) is 22.3 Å². The van der Waals surface area contributed by atoms with Gasteiger partial charge in [0, 0.05) is 21.8 Å². The summed E-state index contributed by atoms with van der Waals surface area (Å²) >= 11 is 0. The Bertz CT molecular complexity index is 503. The minimum absolute atomic E-state index is 0.998. The quantitative estimate of drug-likeness (QED) is 0.574. The van der Waals surface area contributed by atoms with Crippen LogP contribution in [-0.2, 0) is 0 Å². The second-order valence-electron chi connectivity index (χ2n) is 2.93. The third-order valence-electron chi connectivity index (χ3n) is 2.09. The van der Waals surface area contributed by atoms with E-state index < -0.39 is 0 Å². The van der Waals surface area contributed by atoms with E-state index in [-0.39, 0.29) is 0 Å². The van der Waals surface area contributed by atoms with Crippen LogP contribution in [0.5, 0.6) is 0 Å². The van der Waals surface area contributed by atoms with Crippen LogP contribution in [0, 0.1) is 0 Å². The molecule has 1 aliphatic rings. The maximum atomic E-state index is 4.29. The Labute approximate surface area is 88.9 Å². The van der Waals surface area contributed by atoms with Gasteiger partial charge in [0.15, 0.2) is 0 Å². The molecule has 0 saturated carbocycles. The zero-order valence-corrected chi connectivity index (χ0v) is 8.78. The maximum Gasteiger partial charge on any atom is 0.117 e. The molecule has 2 aromatic rings. The van der Waals surface area contributed by atoms with Crippen LogP contribution >= 0.6 is 21.8 Å². The smallest absolute Gasteiger partial charge is 0.117 e. The Morgan fingerprint density at radius 2 is 2.14 bits per heavy atom. The number of H-pyrrole nitrogens is 1. The first-order chi connectivity index (χ1) is 6.95. The molecule has 0 unspecified atom stereocenters. The Hall–Kier alpha value is -1.07. The summed E-state index contributed by atoms with van der Waals surface area (Å²) in [5, 5.41) is 10.5. The van der Waals surface area contributed by atoms with E-state index in [1.165, 1.54) is 0 Å². The lowest BCUT2D eigenvalue weighted by Crippen LogP contribution is -1.96. The highest BCUT2D eigenvalue weighted by Gasteiger charge is 2.13. The fourth-order valence-electron chi connectivity index (χ4n) is 1.44. The molecule has 14 heavy (non-hydrogen) atoms. The van der Waals surface area contributed by atoms with Crippen molar-refractivity contribution in [2.45, 2.75) is 0 Å². The molecule has 1 aromatic heterocycles. The lowest BCUT2D eigenvalue weighted by molar-refractivity contribution is 1.09. The van der Waals surface area contributed by atoms with E-state index in [0.29, 0.717) is 0 Å². The summed E-state index contributed by atoms with van der Waals surface area (Å²) in [6, 6.07) is 8.13. The minimum Gasteiger partial charge on any atom is -0.318 e. The number of aromatic amines is 1. The number of fused-ring (bicyclic) bond motifs is 1. The van der Waals surface area contributed by atoms with Crippen LogP contribution in [0.25, 0.3) is 16.6 Å². The Morgan fingerprint density at radius 1 is 1.21 bits per heavy atom. The maximum absolute atomic E-state index is 4.29. The summed E-state index contributed by atoms with van der Waals surface area (Å²) in [5.74, 6) is 0. The second kappa shape index (κ2) is 3.25. The number of nitrogens with one attached hydrogen (secondary N) is 2. The molecule has 0 radical (unpaired) electrons. The SMILES string of the molecule is C1=C(c2n[nH]c3ccccc23)NSS1. The van der Waals surface area contributed by atoms with Gasteiger partial charge in [-0.15, -0.1) is 0 Å². The van der Waals surface area contributed by atoms with Gasteiger partial charge in [-0.3, -0.25) is 5.10 Å². The molecular formula is C9H7N3S2. The van der Waals surface area contributed by atoms with Crippen molar-refractivity contribution in [3.63, 3.8) is 0 Å². The molecule has 2 N–H and O–H groups in total. The fraction of sp³-hybridized carbons (Fsp3) is 0. The molecule has 0 fully saturated rings. The number of benzene rings is 1. The van der Waals surface area contributed by atoms with Crippen LogP contribution in [0.1, 0.15) is 5.69 Å². The average Bonchev–Trinajstić information content (AvgIpc) is 2.85. The zero-order chi connectivity index (χ0) is 9.38. The average molecular weight is 221 g/mol. The summed E-state index contributed by atoms with van der Waals surface area (Å²) < 4.78 is 3.21. The molecule has 0 aliphatic carbocycles. The minimum atomic E-state index is 0.998. The molecule has 1 aromatic carbocycles. The van der Waals surface area contributed by atoms with E-state index in [2.05, 4.69) is 26.4 Å². The lowest BCUT2D eigenvalue weighted by atomic mass is 10.2. The number of aromatic nitrogens is 2. The van der Waals surface area contributed by atoms with Gasteiger partial charge in [0.25, 0.3) is 0 Å². The Kier molecular flexibility index (Phi) is 1.92. The number of rotatable bonds is 1. The first-order valence-corrected chi connectivity index (χ1v) is 6.38. The van der Waals surface area contributed by atoms with Crippen LogP contribution in [0.2, 0.25) is 0 Å². The summed E-state index contributed by atoms with van der Waals surface area (Å²) in [4.78, 5) is 0. The number of para-hydroxylation sites is 1. The van der Waals surface area contributed by atoms with E-state index >= 15 is 0 Å². The highest BCUT2D eigenvalue weighted by Crippen LogP contribution is 2.34. The normalized spacial score (nSPS) is 15.6. The van der Waals surface area contributed by atoms with Crippen molar-refractivity contribution in [3.8, 4) is 0 Å². The Morgan fingerprint density at radius 3 is 3.00 bits per heavy atom. The molecule has 2 heterocycles. The standard InChI is InChI=1S/C9H7N3S2/c1-2-4-7-6(3-1)9(11-10-7)8-5-13-14-12-8/h1-5,12H,(H,10,11). The van der Waals surface area contributed by atoms with E-state index in [9.17, 15) is 0 Å². The first kappa shape index (κ1) is 8.26. The van der Waals surface area contributed by atoms with Crippen LogP contribution in [-0.4, -0.2) is 10.2 Å². The summed E-state index contributed by atoms with van der Waals surface area (Å²) in [5.41, 5.74) is 3.16. The van der Waals surface area contributed by atoms with Gasteiger partial charge in [-0.1, -0.05) is 18.2 Å². The summed E-state index contributed by atoms with van der Waals surface area (Å²) in [7, 11) is 3.29. The zero-order valence-electron chi connectivity index (χ0n) is 7.15. The predicted molar refractivity (Wildman–Crippen MR) is 62.4 cm³/mol. The van der Waals surface area contributed by atoms with Gasteiger partial charge in [-0.25, -0.2) is 0 Å². The summed E-state index contributed by atoms with van der Waals surface area (Å²) in [6.07, 6.45) is 0. The molecular weight excluding hydrogens is 214 g/mol. The van der Waals surface area contributed by atoms with Gasteiger partial charge in [0.05, 0.1) is 11.2 Å². The molecule has 3 rings (SSSR count). The van der Waals surface area contributed by atoms with Crippen LogP contribution in [0.3, 0.4) is 0 Å². The highest BCUT2D eigenvalue weighted by atomic mass is 33.1. The van der Waals surface area contributed by atoms with Crippen LogP contribution in [0.15, 0.2) is 29.7 Å². The molecule has 3 nitrogen and oxygen atoms in total. The van der Waals surface area contributed by atoms with E-state index in [1.807, 2.05) is 18.2 Å². The van der Waals surface area contributed by atoms with Crippen molar-refractivity contribution in [3.05, 3.63) is 35.4 Å². The third kappa shape index (κ3) is 1.20. The van der Waals surface area contributed by atoms with Gasteiger partial charge in [0.2, 0.25) is 0 Å². The highest BCUT2D eigenvalue weighted by molar-refractivity contribution is 8.77. The number of hydrogen-bond donors (Lipinski definition) is 2. The predicted octanol–water partition coefficient (Wildman–Crippen LogP) is 2.76. The van der Waals surface area contributed by atoms with Gasteiger partial charge in [0.1, 0.15) is 5.69 Å². The molecule has 0 bridgehead atoms. The Balaban J connectivity index is 2.21. The van der Waals surface area contributed by atoms with Crippen molar-refractivity contribution in [2.24, 2.45) is 0 Å². The van der Waals surface area contributed by atoms with Gasteiger partial charge >= 0.3 is 0 Å². The molecule has 0 amide bonds. The van der Waals surface area contributed by atoms with Gasteiger partial charge < -0.3 is 4.72 Å². The van der Waals surface area contributed by atoms with Crippen LogP contribution < -0.4 is 4.72 Å². The van der Waals surface area contributed by atoms with Crippen molar-refractivity contribution in [1.29, 1.82) is 0 Å². The molecule has 70 valence electrons. The molecule has 0 atom stereocenters. The van der Waals surface area contributed by atoms with Crippen LogP contribution in [0.4, 0.5) is 0 Å². The first-order valence-electron chi connectivity index (χ1n) is 4.17. The number of hydrogen-bond acceptors (Lipinski definition) is 4. The molecule has 5 heteroatoms. The molecule has 1 aliphatic heterocycles. The van der Waals surface area contributed by atoms with E-state index in [1.54, 1.807) is 21.8 Å². The van der Waals surface area contributed by atoms with E-state index in [4.69, 9.17) is 0 Å². The van der Waals surface area contributed by atoms with Crippen molar-refractivity contribution >= 4 is 38.4 Å². The largest absolute Gasteiger partial charge is 0.318 e.